The van der Waals surface area contributed by atoms with Crippen LogP contribution in [0, 0.1) is 11.3 Å². The smallest absolute Gasteiger partial charge is 0.270 e. The van der Waals surface area contributed by atoms with Crippen molar-refractivity contribution in [1.29, 1.82) is 5.26 Å². The third kappa shape index (κ3) is 3.67. The molecule has 1 aliphatic heterocycles. The van der Waals surface area contributed by atoms with Crippen LogP contribution in [0.25, 0.3) is 0 Å². The Labute approximate surface area is 148 Å². The van der Waals surface area contributed by atoms with Crippen LogP contribution in [-0.4, -0.2) is 28.9 Å². The number of thiazole rings is 1. The van der Waals surface area contributed by atoms with Crippen LogP contribution in [0.3, 0.4) is 0 Å². The average molecular weight is 360 g/mol. The highest BCUT2D eigenvalue weighted by molar-refractivity contribution is 7.15. The Bertz CT molecular complexity index is 811. The first-order valence-corrected chi connectivity index (χ1v) is 8.46. The number of carbonyl (C=O) groups excluding carboxylic acids is 1. The Morgan fingerprint density at radius 3 is 2.92 bits per heavy atom. The molecule has 0 spiro atoms. The van der Waals surface area contributed by atoms with Crippen LogP contribution in [0.5, 0.6) is 0 Å². The first-order chi connectivity index (χ1) is 11.7. The fourth-order valence-electron chi connectivity index (χ4n) is 2.41. The highest BCUT2D eigenvalue weighted by Crippen LogP contribution is 2.23. The summed E-state index contributed by atoms with van der Waals surface area (Å²) in [5, 5.41) is 15.3. The molecule has 0 radical (unpaired) electrons. The molecule has 1 aromatic carbocycles. The van der Waals surface area contributed by atoms with Gasteiger partial charge in [0, 0.05) is 29.9 Å². The zero-order chi connectivity index (χ0) is 16.9. The Hall–Kier alpha value is -2.56. The second-order valence-corrected chi connectivity index (χ2v) is 6.78. The van der Waals surface area contributed by atoms with Crippen molar-refractivity contribution in [3.63, 3.8) is 0 Å². The summed E-state index contributed by atoms with van der Waals surface area (Å²) in [4.78, 5) is 19.4. The van der Waals surface area contributed by atoms with Crippen molar-refractivity contribution in [2.45, 2.75) is 6.54 Å². The number of nitrogens with zero attached hydrogens (tertiary/aromatic N) is 3. The van der Waals surface area contributed by atoms with E-state index < -0.39 is 5.91 Å². The minimum Gasteiger partial charge on any atom is -0.369 e. The van der Waals surface area contributed by atoms with E-state index in [0.717, 1.165) is 4.88 Å². The summed E-state index contributed by atoms with van der Waals surface area (Å²) < 4.78 is 0.477. The number of hydrogen-bond donors (Lipinski definition) is 2. The van der Waals surface area contributed by atoms with Crippen LogP contribution >= 0.6 is 22.9 Å². The van der Waals surface area contributed by atoms with Crippen molar-refractivity contribution < 1.29 is 4.79 Å². The molecule has 0 saturated carbocycles. The fraction of sp³-hybridized carbons (Fsp3) is 0.188. The van der Waals surface area contributed by atoms with E-state index >= 15 is 0 Å². The molecular formula is C16H14ClN5OS. The van der Waals surface area contributed by atoms with Gasteiger partial charge < -0.3 is 15.5 Å². The number of nitrogens with one attached hydrogen (secondary N) is 2. The number of carbonyl (C=O) groups is 1. The van der Waals surface area contributed by atoms with Gasteiger partial charge in [-0.3, -0.25) is 4.79 Å². The summed E-state index contributed by atoms with van der Waals surface area (Å²) in [7, 11) is 0. The van der Waals surface area contributed by atoms with Gasteiger partial charge in [-0.25, -0.2) is 4.98 Å². The molecule has 1 aromatic heterocycles. The molecule has 24 heavy (non-hydrogen) atoms. The van der Waals surface area contributed by atoms with Crippen LogP contribution < -0.4 is 10.6 Å². The van der Waals surface area contributed by atoms with E-state index in [-0.39, 0.29) is 5.57 Å². The summed E-state index contributed by atoms with van der Waals surface area (Å²) in [6.45, 7) is 1.93. The molecule has 1 aliphatic rings. The zero-order valence-electron chi connectivity index (χ0n) is 12.6. The van der Waals surface area contributed by atoms with Crippen LogP contribution in [-0.2, 0) is 11.3 Å². The lowest BCUT2D eigenvalue weighted by molar-refractivity contribution is -0.112. The molecule has 3 rings (SSSR count). The molecule has 2 N–H and O–H groups in total. The molecule has 0 unspecified atom stereocenters. The standard InChI is InChI=1S/C16H14ClN5OS/c17-16-20-9-12(24-16)10-22-7-6-19-14(22)13(8-18)15(23)21-11-4-2-1-3-5-11/h1-5,9,19H,6-7,10H2,(H,21,23)/b14-13+. The van der Waals surface area contributed by atoms with E-state index in [0.29, 0.717) is 35.6 Å². The normalized spacial score (nSPS) is 15.6. The molecule has 1 fully saturated rings. The van der Waals surface area contributed by atoms with Crippen LogP contribution in [0.1, 0.15) is 4.88 Å². The number of rotatable bonds is 4. The molecular weight excluding hydrogens is 346 g/mol. The fourth-order valence-corrected chi connectivity index (χ4v) is 3.40. The van der Waals surface area contributed by atoms with Crippen LogP contribution in [0.4, 0.5) is 5.69 Å². The number of aromatic nitrogens is 1. The van der Waals surface area contributed by atoms with Gasteiger partial charge >= 0.3 is 0 Å². The van der Waals surface area contributed by atoms with Gasteiger partial charge in [0.05, 0.1) is 6.54 Å². The topological polar surface area (TPSA) is 81.0 Å². The van der Waals surface area contributed by atoms with Gasteiger partial charge in [-0.15, -0.1) is 11.3 Å². The number of hydrogen-bond acceptors (Lipinski definition) is 6. The SMILES string of the molecule is N#C/C(C(=O)Nc1ccccc1)=C1/NCCN1Cc1cnc(Cl)s1. The summed E-state index contributed by atoms with van der Waals surface area (Å²) in [6.07, 6.45) is 1.71. The Morgan fingerprint density at radius 1 is 1.46 bits per heavy atom. The number of para-hydroxylation sites is 1. The highest BCUT2D eigenvalue weighted by Gasteiger charge is 2.25. The van der Waals surface area contributed by atoms with Crippen molar-refractivity contribution in [2.75, 3.05) is 18.4 Å². The minimum absolute atomic E-state index is 0.0620. The predicted molar refractivity (Wildman–Crippen MR) is 93.2 cm³/mol. The maximum atomic E-state index is 12.4. The predicted octanol–water partition coefficient (Wildman–Crippen LogP) is 2.58. The Morgan fingerprint density at radius 2 is 2.25 bits per heavy atom. The number of benzene rings is 1. The number of nitriles is 1. The van der Waals surface area contributed by atoms with Gasteiger partial charge in [-0.1, -0.05) is 29.8 Å². The number of halogens is 1. The minimum atomic E-state index is -0.430. The quantitative estimate of drug-likeness (QED) is 0.647. The van der Waals surface area contributed by atoms with E-state index in [1.807, 2.05) is 29.2 Å². The second kappa shape index (κ2) is 7.34. The van der Waals surface area contributed by atoms with Crippen molar-refractivity contribution in [3.05, 3.63) is 57.3 Å². The molecule has 2 heterocycles. The zero-order valence-corrected chi connectivity index (χ0v) is 14.2. The third-order valence-corrected chi connectivity index (χ3v) is 4.57. The van der Waals surface area contributed by atoms with E-state index in [4.69, 9.17) is 11.6 Å². The third-order valence-electron chi connectivity index (χ3n) is 3.47. The Kier molecular flexibility index (Phi) is 4.99. The maximum Gasteiger partial charge on any atom is 0.270 e. The molecule has 0 atom stereocenters. The monoisotopic (exact) mass is 359 g/mol. The summed E-state index contributed by atoms with van der Waals surface area (Å²) in [5.41, 5.74) is 0.710. The molecule has 1 amide bonds. The van der Waals surface area contributed by atoms with Gasteiger partial charge in [0.25, 0.3) is 5.91 Å². The van der Waals surface area contributed by atoms with E-state index in [9.17, 15) is 10.1 Å². The molecule has 6 nitrogen and oxygen atoms in total. The summed E-state index contributed by atoms with van der Waals surface area (Å²) in [5.74, 6) is 0.107. The second-order valence-electron chi connectivity index (χ2n) is 5.08. The van der Waals surface area contributed by atoms with E-state index in [1.165, 1.54) is 11.3 Å². The van der Waals surface area contributed by atoms with Gasteiger partial charge in [0.2, 0.25) is 0 Å². The lowest BCUT2D eigenvalue weighted by Crippen LogP contribution is -2.25. The van der Waals surface area contributed by atoms with Gasteiger partial charge in [0.15, 0.2) is 10.0 Å². The average Bonchev–Trinajstić information content (AvgIpc) is 3.19. The van der Waals surface area contributed by atoms with Crippen molar-refractivity contribution in [2.24, 2.45) is 0 Å². The lowest BCUT2D eigenvalue weighted by Gasteiger charge is -2.19. The first kappa shape index (κ1) is 16.3. The summed E-state index contributed by atoms with van der Waals surface area (Å²) in [6, 6.07) is 11.1. The van der Waals surface area contributed by atoms with Crippen LogP contribution in [0.2, 0.25) is 4.47 Å². The molecule has 122 valence electrons. The molecule has 0 bridgehead atoms. The first-order valence-electron chi connectivity index (χ1n) is 7.27. The van der Waals surface area contributed by atoms with Crippen molar-refractivity contribution in [3.8, 4) is 6.07 Å². The summed E-state index contributed by atoms with van der Waals surface area (Å²) >= 11 is 7.24. The van der Waals surface area contributed by atoms with E-state index in [2.05, 4.69) is 15.6 Å². The van der Waals surface area contributed by atoms with Gasteiger partial charge in [0.1, 0.15) is 11.9 Å². The largest absolute Gasteiger partial charge is 0.369 e. The van der Waals surface area contributed by atoms with Gasteiger partial charge in [-0.2, -0.15) is 5.26 Å². The molecule has 0 aliphatic carbocycles. The molecule has 1 saturated heterocycles. The van der Waals surface area contributed by atoms with Crippen molar-refractivity contribution >= 4 is 34.5 Å². The van der Waals surface area contributed by atoms with Crippen molar-refractivity contribution in [1.82, 2.24) is 15.2 Å². The molecule has 2 aromatic rings. The number of amides is 1. The Balaban J connectivity index is 1.80. The molecule has 8 heteroatoms. The van der Waals surface area contributed by atoms with Crippen LogP contribution in [0.15, 0.2) is 47.9 Å². The lowest BCUT2D eigenvalue weighted by atomic mass is 10.2. The van der Waals surface area contributed by atoms with E-state index in [1.54, 1.807) is 18.3 Å². The maximum absolute atomic E-state index is 12.4. The number of anilines is 1. The highest BCUT2D eigenvalue weighted by atomic mass is 35.5. The van der Waals surface area contributed by atoms with Gasteiger partial charge in [-0.05, 0) is 12.1 Å².